The van der Waals surface area contributed by atoms with Crippen molar-refractivity contribution in [1.82, 2.24) is 5.32 Å². The largest absolute Gasteiger partial charge is 0.450 e. The maximum Gasteiger partial charge on any atom is 0.287 e. The van der Waals surface area contributed by atoms with Crippen molar-refractivity contribution in [1.29, 1.82) is 0 Å². The molecule has 27 heavy (non-hydrogen) atoms. The molecule has 2 aromatic carbocycles. The number of anilines is 1. The molecule has 0 bridgehead atoms. The van der Waals surface area contributed by atoms with E-state index in [-0.39, 0.29) is 29.5 Å². The number of halogens is 1. The van der Waals surface area contributed by atoms with Gasteiger partial charge in [0.2, 0.25) is 5.91 Å². The van der Waals surface area contributed by atoms with Crippen molar-refractivity contribution >= 4 is 44.4 Å². The molecule has 138 valence electrons. The molecule has 4 rings (SSSR count). The first kappa shape index (κ1) is 17.8. The topological polar surface area (TPSA) is 71.3 Å². The molecule has 1 heterocycles. The van der Waals surface area contributed by atoms with Gasteiger partial charge in [-0.15, -0.1) is 0 Å². The zero-order valence-corrected chi connectivity index (χ0v) is 16.4. The van der Waals surface area contributed by atoms with Gasteiger partial charge in [0, 0.05) is 17.0 Å². The highest BCUT2D eigenvalue weighted by atomic mass is 79.9. The van der Waals surface area contributed by atoms with Crippen LogP contribution in [0, 0.1) is 5.92 Å². The van der Waals surface area contributed by atoms with Gasteiger partial charge in [-0.25, -0.2) is 0 Å². The average Bonchev–Trinajstić information content (AvgIpc) is 3.41. The van der Waals surface area contributed by atoms with Gasteiger partial charge in [-0.2, -0.15) is 0 Å². The van der Waals surface area contributed by atoms with E-state index in [1.54, 1.807) is 6.07 Å². The van der Waals surface area contributed by atoms with E-state index in [1.165, 1.54) is 0 Å². The van der Waals surface area contributed by atoms with Crippen LogP contribution in [0.5, 0.6) is 0 Å². The highest BCUT2D eigenvalue weighted by Crippen LogP contribution is 2.30. The Balaban J connectivity index is 1.42. The van der Waals surface area contributed by atoms with Crippen LogP contribution in [0.25, 0.3) is 11.0 Å². The molecule has 1 aliphatic carbocycles. The zero-order valence-electron chi connectivity index (χ0n) is 14.8. The molecule has 0 radical (unpaired) electrons. The number of furan rings is 1. The van der Waals surface area contributed by atoms with Crippen molar-refractivity contribution in [3.8, 4) is 0 Å². The van der Waals surface area contributed by atoms with E-state index < -0.39 is 0 Å². The van der Waals surface area contributed by atoms with Crippen LogP contribution in [-0.2, 0) is 4.79 Å². The quantitative estimate of drug-likeness (QED) is 0.600. The van der Waals surface area contributed by atoms with E-state index >= 15 is 0 Å². The highest BCUT2D eigenvalue weighted by Gasteiger charge is 2.29. The molecule has 1 fully saturated rings. The van der Waals surface area contributed by atoms with Crippen molar-refractivity contribution in [3.63, 3.8) is 0 Å². The predicted molar refractivity (Wildman–Crippen MR) is 108 cm³/mol. The number of rotatable bonds is 5. The van der Waals surface area contributed by atoms with Gasteiger partial charge in [0.05, 0.1) is 10.5 Å². The van der Waals surface area contributed by atoms with Gasteiger partial charge >= 0.3 is 0 Å². The summed E-state index contributed by atoms with van der Waals surface area (Å²) >= 11 is 3.43. The molecule has 1 unspecified atom stereocenters. The molecule has 2 N–H and O–H groups in total. The molecule has 6 heteroatoms. The van der Waals surface area contributed by atoms with Crippen molar-refractivity contribution < 1.29 is 14.0 Å². The lowest BCUT2D eigenvalue weighted by atomic mass is 10.1. The number of amides is 2. The van der Waals surface area contributed by atoms with Crippen LogP contribution in [0.3, 0.4) is 0 Å². The van der Waals surface area contributed by atoms with Gasteiger partial charge in [0.15, 0.2) is 5.76 Å². The molecule has 2 amide bonds. The highest BCUT2D eigenvalue weighted by molar-refractivity contribution is 9.10. The van der Waals surface area contributed by atoms with Gasteiger partial charge < -0.3 is 15.1 Å². The first-order valence-electron chi connectivity index (χ1n) is 8.91. The number of para-hydroxylation sites is 1. The average molecular weight is 427 g/mol. The SMILES string of the molecule is CC(NC(=O)c1cc2cccc(Br)c2o1)c1ccc(NC(=O)C2CC2)cc1. The minimum atomic E-state index is -0.267. The lowest BCUT2D eigenvalue weighted by molar-refractivity contribution is -0.117. The van der Waals surface area contributed by atoms with Crippen LogP contribution in [-0.4, -0.2) is 11.8 Å². The number of hydrogen-bond acceptors (Lipinski definition) is 3. The van der Waals surface area contributed by atoms with Gasteiger partial charge in [0.1, 0.15) is 5.58 Å². The van der Waals surface area contributed by atoms with Gasteiger partial charge in [0.25, 0.3) is 5.91 Å². The Hall–Kier alpha value is -2.60. The first-order chi connectivity index (χ1) is 13.0. The summed E-state index contributed by atoms with van der Waals surface area (Å²) in [6, 6.07) is 14.7. The minimum Gasteiger partial charge on any atom is -0.450 e. The second-order valence-electron chi connectivity index (χ2n) is 6.85. The molecule has 0 spiro atoms. The molecule has 1 aliphatic rings. The van der Waals surface area contributed by atoms with Crippen molar-refractivity contribution in [2.45, 2.75) is 25.8 Å². The Kier molecular flexibility index (Phi) is 4.74. The fourth-order valence-corrected chi connectivity index (χ4v) is 3.40. The summed E-state index contributed by atoms with van der Waals surface area (Å²) in [6.07, 6.45) is 1.96. The summed E-state index contributed by atoms with van der Waals surface area (Å²) in [5.74, 6) is 0.265. The summed E-state index contributed by atoms with van der Waals surface area (Å²) < 4.78 is 6.50. The standard InChI is InChI=1S/C21H19BrN2O3/c1-12(13-7-9-16(10-8-13)24-20(25)14-5-6-14)23-21(26)18-11-15-3-2-4-17(22)19(15)27-18/h2-4,7-12,14H,5-6H2,1H3,(H,23,26)(H,24,25). The number of nitrogens with one attached hydrogen (secondary N) is 2. The van der Waals surface area contributed by atoms with Crippen molar-refractivity contribution in [2.24, 2.45) is 5.92 Å². The van der Waals surface area contributed by atoms with Crippen LogP contribution in [0.1, 0.15) is 41.9 Å². The summed E-state index contributed by atoms with van der Waals surface area (Å²) in [7, 11) is 0. The van der Waals surface area contributed by atoms with Gasteiger partial charge in [-0.1, -0.05) is 24.3 Å². The fourth-order valence-electron chi connectivity index (χ4n) is 2.94. The first-order valence-corrected chi connectivity index (χ1v) is 9.70. The number of benzene rings is 2. The van der Waals surface area contributed by atoms with Crippen molar-refractivity contribution in [3.05, 3.63) is 64.3 Å². The van der Waals surface area contributed by atoms with Crippen molar-refractivity contribution in [2.75, 3.05) is 5.32 Å². The third-order valence-electron chi connectivity index (χ3n) is 4.69. The fraction of sp³-hybridized carbons (Fsp3) is 0.238. The second-order valence-corrected chi connectivity index (χ2v) is 7.70. The van der Waals surface area contributed by atoms with E-state index in [0.29, 0.717) is 5.58 Å². The molecule has 0 saturated heterocycles. The van der Waals surface area contributed by atoms with E-state index in [0.717, 1.165) is 34.0 Å². The van der Waals surface area contributed by atoms with Crippen LogP contribution in [0.4, 0.5) is 5.69 Å². The molecule has 5 nitrogen and oxygen atoms in total. The Morgan fingerprint density at radius 1 is 1.15 bits per heavy atom. The van der Waals surface area contributed by atoms with Crippen LogP contribution in [0.15, 0.2) is 57.4 Å². The predicted octanol–water partition coefficient (Wildman–Crippen LogP) is 5.03. The molecule has 0 aliphatic heterocycles. The Morgan fingerprint density at radius 2 is 1.89 bits per heavy atom. The normalized spacial score (nSPS) is 14.7. The zero-order chi connectivity index (χ0) is 19.0. The maximum absolute atomic E-state index is 12.5. The van der Waals surface area contributed by atoms with E-state index in [2.05, 4.69) is 26.6 Å². The number of fused-ring (bicyclic) bond motifs is 1. The molecular formula is C21H19BrN2O3. The Morgan fingerprint density at radius 3 is 2.56 bits per heavy atom. The van der Waals surface area contributed by atoms with Gasteiger partial charge in [-0.3, -0.25) is 9.59 Å². The summed E-state index contributed by atoms with van der Waals surface area (Å²) in [5, 5.41) is 6.73. The lowest BCUT2D eigenvalue weighted by Crippen LogP contribution is -2.26. The molecule has 1 saturated carbocycles. The lowest BCUT2D eigenvalue weighted by Gasteiger charge is -2.14. The van der Waals surface area contributed by atoms with E-state index in [9.17, 15) is 9.59 Å². The third-order valence-corrected chi connectivity index (χ3v) is 5.32. The van der Waals surface area contributed by atoms with Crippen LogP contribution >= 0.6 is 15.9 Å². The third kappa shape index (κ3) is 3.90. The molecular weight excluding hydrogens is 408 g/mol. The molecule has 1 atom stereocenters. The van der Waals surface area contributed by atoms with Gasteiger partial charge in [-0.05, 0) is 65.5 Å². The molecule has 3 aromatic rings. The van der Waals surface area contributed by atoms with E-state index in [1.807, 2.05) is 49.4 Å². The number of carbonyl (C=O) groups is 2. The molecule has 1 aromatic heterocycles. The number of carbonyl (C=O) groups excluding carboxylic acids is 2. The summed E-state index contributed by atoms with van der Waals surface area (Å²) in [5.41, 5.74) is 2.38. The summed E-state index contributed by atoms with van der Waals surface area (Å²) in [6.45, 7) is 1.91. The second kappa shape index (κ2) is 7.19. The summed E-state index contributed by atoms with van der Waals surface area (Å²) in [4.78, 5) is 24.3. The van der Waals surface area contributed by atoms with E-state index in [4.69, 9.17) is 4.42 Å². The van der Waals surface area contributed by atoms with Crippen LogP contribution < -0.4 is 10.6 Å². The monoisotopic (exact) mass is 426 g/mol. The minimum absolute atomic E-state index is 0.0835. The smallest absolute Gasteiger partial charge is 0.287 e. The maximum atomic E-state index is 12.5. The van der Waals surface area contributed by atoms with Crippen LogP contribution in [0.2, 0.25) is 0 Å². The Labute approximate surface area is 165 Å². The number of hydrogen-bond donors (Lipinski definition) is 2. The Bertz CT molecular complexity index is 1010.